The van der Waals surface area contributed by atoms with Crippen LogP contribution in [0.1, 0.15) is 12.8 Å². The number of nitrogens with one attached hydrogen (secondary N) is 1. The van der Waals surface area contributed by atoms with E-state index in [0.29, 0.717) is 11.9 Å². The summed E-state index contributed by atoms with van der Waals surface area (Å²) in [6.45, 7) is 4.18. The molecule has 6 rings (SSSR count). The standard InChI is InChI=1S/C17H20N4O2S/c1-22-12-2-3-13-14(8-12)24-16(19-13)20-15-18-9-17(23-15)10-21-6-4-11(17)5-7-21/h2-3,8,11H,4-7,9-10H2,1H3,(H,18,19,20). The van der Waals surface area contributed by atoms with Crippen molar-refractivity contribution in [3.63, 3.8) is 0 Å². The molecule has 0 saturated carbocycles. The molecule has 1 unspecified atom stereocenters. The van der Waals surface area contributed by atoms with Crippen LogP contribution in [0.4, 0.5) is 5.13 Å². The monoisotopic (exact) mass is 344 g/mol. The molecule has 5 heterocycles. The average molecular weight is 344 g/mol. The van der Waals surface area contributed by atoms with Crippen LogP contribution in [0.2, 0.25) is 0 Å². The number of hydrogen-bond acceptors (Lipinski definition) is 7. The maximum absolute atomic E-state index is 6.31. The summed E-state index contributed by atoms with van der Waals surface area (Å²) in [7, 11) is 1.68. The van der Waals surface area contributed by atoms with Crippen LogP contribution < -0.4 is 10.1 Å². The maximum atomic E-state index is 6.31. The third-order valence-electron chi connectivity index (χ3n) is 5.42. The molecule has 24 heavy (non-hydrogen) atoms. The summed E-state index contributed by atoms with van der Waals surface area (Å²) in [5.41, 5.74) is 0.845. The minimum Gasteiger partial charge on any atom is -0.497 e. The highest BCUT2D eigenvalue weighted by atomic mass is 32.1. The molecule has 0 radical (unpaired) electrons. The van der Waals surface area contributed by atoms with Gasteiger partial charge in [-0.3, -0.25) is 10.2 Å². The number of amidine groups is 1. The van der Waals surface area contributed by atoms with Gasteiger partial charge in [-0.05, 0) is 44.1 Å². The van der Waals surface area contributed by atoms with Crippen molar-refractivity contribution in [3.8, 4) is 5.75 Å². The summed E-state index contributed by atoms with van der Waals surface area (Å²) in [4.78, 5) is 11.7. The lowest BCUT2D eigenvalue weighted by molar-refractivity contribution is -0.0829. The number of anilines is 1. The van der Waals surface area contributed by atoms with Crippen LogP contribution in [0, 0.1) is 5.92 Å². The number of fused-ring (bicyclic) bond motifs is 3. The highest BCUT2D eigenvalue weighted by molar-refractivity contribution is 7.22. The molecule has 1 aromatic carbocycles. The molecule has 3 fully saturated rings. The number of aliphatic imine (C=N–C) groups is 1. The van der Waals surface area contributed by atoms with Gasteiger partial charge >= 0.3 is 0 Å². The molecule has 1 aromatic heterocycles. The van der Waals surface area contributed by atoms with Crippen LogP contribution >= 0.6 is 11.3 Å². The van der Waals surface area contributed by atoms with Gasteiger partial charge in [-0.2, -0.15) is 0 Å². The van der Waals surface area contributed by atoms with E-state index in [1.54, 1.807) is 18.4 Å². The van der Waals surface area contributed by atoms with Gasteiger partial charge < -0.3 is 9.47 Å². The number of methoxy groups -OCH3 is 1. The van der Waals surface area contributed by atoms with Gasteiger partial charge in [0.2, 0.25) is 0 Å². The van der Waals surface area contributed by atoms with Gasteiger partial charge in [-0.1, -0.05) is 11.3 Å². The van der Waals surface area contributed by atoms with Crippen LogP contribution in [0.15, 0.2) is 23.2 Å². The second-order valence-electron chi connectivity index (χ2n) is 6.82. The Morgan fingerprint density at radius 1 is 1.38 bits per heavy atom. The Hall–Kier alpha value is -1.86. The normalized spacial score (nSPS) is 31.3. The van der Waals surface area contributed by atoms with Gasteiger partial charge in [-0.15, -0.1) is 0 Å². The van der Waals surface area contributed by atoms with Crippen molar-refractivity contribution in [2.75, 3.05) is 38.6 Å². The SMILES string of the molecule is COc1ccc2nc(NC3=NCC4(CN5CCC4CC5)O3)sc2c1. The first-order valence-corrected chi connectivity index (χ1v) is 9.23. The van der Waals surface area contributed by atoms with Gasteiger partial charge in [0.05, 0.1) is 23.9 Å². The van der Waals surface area contributed by atoms with Crippen molar-refractivity contribution in [1.82, 2.24) is 9.88 Å². The van der Waals surface area contributed by atoms with Crippen molar-refractivity contribution in [3.05, 3.63) is 18.2 Å². The topological polar surface area (TPSA) is 59.0 Å². The van der Waals surface area contributed by atoms with Crippen LogP contribution in [-0.4, -0.2) is 54.8 Å². The zero-order valence-electron chi connectivity index (χ0n) is 13.6. The number of benzene rings is 1. The molecule has 0 amide bonds. The number of piperidine rings is 3. The van der Waals surface area contributed by atoms with E-state index in [1.807, 2.05) is 18.2 Å². The number of aromatic nitrogens is 1. The lowest BCUT2D eigenvalue weighted by Crippen LogP contribution is -2.61. The second kappa shape index (κ2) is 5.32. The molecule has 2 bridgehead atoms. The zero-order valence-corrected chi connectivity index (χ0v) is 14.4. The fourth-order valence-electron chi connectivity index (χ4n) is 4.12. The highest BCUT2D eigenvalue weighted by Gasteiger charge is 2.51. The molecule has 2 aromatic rings. The molecule has 1 atom stereocenters. The molecule has 7 heteroatoms. The van der Waals surface area contributed by atoms with Crippen LogP contribution in [0.5, 0.6) is 5.75 Å². The molecule has 4 aliphatic heterocycles. The summed E-state index contributed by atoms with van der Waals surface area (Å²) in [5.74, 6) is 1.48. The number of rotatable bonds is 2. The Morgan fingerprint density at radius 2 is 2.25 bits per heavy atom. The molecule has 6 nitrogen and oxygen atoms in total. The third kappa shape index (κ3) is 2.26. The molecule has 1 N–H and O–H groups in total. The van der Waals surface area contributed by atoms with E-state index in [-0.39, 0.29) is 5.60 Å². The molecule has 0 aliphatic carbocycles. The maximum Gasteiger partial charge on any atom is 0.291 e. The van der Waals surface area contributed by atoms with Crippen molar-refractivity contribution in [2.45, 2.75) is 18.4 Å². The van der Waals surface area contributed by atoms with Crippen molar-refractivity contribution in [1.29, 1.82) is 0 Å². The lowest BCUT2D eigenvalue weighted by atomic mass is 9.75. The first-order chi connectivity index (χ1) is 11.7. The van der Waals surface area contributed by atoms with E-state index in [9.17, 15) is 0 Å². The minimum absolute atomic E-state index is 0.112. The van der Waals surface area contributed by atoms with Gasteiger partial charge in [-0.25, -0.2) is 9.98 Å². The Morgan fingerprint density at radius 3 is 3.00 bits per heavy atom. The van der Waals surface area contributed by atoms with Crippen molar-refractivity contribution in [2.24, 2.45) is 10.9 Å². The van der Waals surface area contributed by atoms with Crippen LogP contribution in [-0.2, 0) is 4.74 Å². The van der Waals surface area contributed by atoms with E-state index < -0.39 is 0 Å². The number of thiazole rings is 1. The average Bonchev–Trinajstić information content (AvgIpc) is 3.19. The second-order valence-corrected chi connectivity index (χ2v) is 7.85. The fourth-order valence-corrected chi connectivity index (χ4v) is 5.01. The van der Waals surface area contributed by atoms with Gasteiger partial charge in [0, 0.05) is 12.5 Å². The van der Waals surface area contributed by atoms with Gasteiger partial charge in [0.15, 0.2) is 5.13 Å². The fraction of sp³-hybridized carbons (Fsp3) is 0.529. The van der Waals surface area contributed by atoms with E-state index >= 15 is 0 Å². The number of nitrogens with zero attached hydrogens (tertiary/aromatic N) is 3. The summed E-state index contributed by atoms with van der Waals surface area (Å²) in [6, 6.07) is 6.53. The highest BCUT2D eigenvalue weighted by Crippen LogP contribution is 2.41. The molecule has 126 valence electrons. The predicted octanol–water partition coefficient (Wildman–Crippen LogP) is 2.57. The molecule has 3 saturated heterocycles. The summed E-state index contributed by atoms with van der Waals surface area (Å²) < 4.78 is 12.7. The van der Waals surface area contributed by atoms with Gasteiger partial charge in [0.1, 0.15) is 11.4 Å². The molecular weight excluding hydrogens is 324 g/mol. The van der Waals surface area contributed by atoms with E-state index in [1.165, 1.54) is 25.9 Å². The number of ether oxygens (including phenoxy) is 2. The van der Waals surface area contributed by atoms with Gasteiger partial charge in [0.25, 0.3) is 6.02 Å². The van der Waals surface area contributed by atoms with E-state index in [0.717, 1.165) is 34.2 Å². The first-order valence-electron chi connectivity index (χ1n) is 8.41. The molecular formula is C17H20N4O2S. The summed E-state index contributed by atoms with van der Waals surface area (Å²) in [6.07, 6.45) is 2.45. The quantitative estimate of drug-likeness (QED) is 0.907. The summed E-state index contributed by atoms with van der Waals surface area (Å²) in [5, 5.41) is 4.09. The largest absolute Gasteiger partial charge is 0.497 e. The van der Waals surface area contributed by atoms with E-state index in [4.69, 9.17) is 9.47 Å². The molecule has 1 spiro atoms. The van der Waals surface area contributed by atoms with Crippen molar-refractivity contribution < 1.29 is 9.47 Å². The minimum atomic E-state index is -0.112. The third-order valence-corrected chi connectivity index (χ3v) is 6.36. The molecule has 4 aliphatic rings. The Kier molecular flexibility index (Phi) is 3.21. The Labute approximate surface area is 144 Å². The first kappa shape index (κ1) is 14.5. The van der Waals surface area contributed by atoms with E-state index in [2.05, 4.69) is 20.2 Å². The Balaban J connectivity index is 1.34. The van der Waals surface area contributed by atoms with Crippen LogP contribution in [0.3, 0.4) is 0 Å². The Bertz CT molecular complexity index is 812. The van der Waals surface area contributed by atoms with Crippen molar-refractivity contribution >= 4 is 32.7 Å². The predicted molar refractivity (Wildman–Crippen MR) is 95.1 cm³/mol. The summed E-state index contributed by atoms with van der Waals surface area (Å²) >= 11 is 1.59. The smallest absolute Gasteiger partial charge is 0.291 e. The number of hydrogen-bond donors (Lipinski definition) is 1. The van der Waals surface area contributed by atoms with Crippen LogP contribution in [0.25, 0.3) is 10.2 Å². The zero-order chi connectivity index (χ0) is 16.1. The lowest BCUT2D eigenvalue weighted by Gasteiger charge is -2.50.